The van der Waals surface area contributed by atoms with Crippen LogP contribution in [0.15, 0.2) is 48.6 Å². The summed E-state index contributed by atoms with van der Waals surface area (Å²) >= 11 is 0. The van der Waals surface area contributed by atoms with E-state index in [0.29, 0.717) is 17.9 Å². The highest BCUT2D eigenvalue weighted by molar-refractivity contribution is 5.99. The Morgan fingerprint density at radius 2 is 1.90 bits per heavy atom. The molecule has 21 heavy (non-hydrogen) atoms. The number of unbranched alkanes of at least 4 members (excludes halogenated alkanes) is 1. The van der Waals surface area contributed by atoms with Gasteiger partial charge in [-0.25, -0.2) is 4.79 Å². The molecule has 0 aromatic heterocycles. The van der Waals surface area contributed by atoms with Gasteiger partial charge >= 0.3 is 5.97 Å². The molecule has 0 heterocycles. The smallest absolute Gasteiger partial charge is 0.338 e. The Labute approximate surface area is 125 Å². The van der Waals surface area contributed by atoms with Crippen molar-refractivity contribution in [3.8, 4) is 0 Å². The Hall–Kier alpha value is -2.36. The number of amides is 1. The van der Waals surface area contributed by atoms with Crippen LogP contribution in [0.1, 0.15) is 37.0 Å². The summed E-state index contributed by atoms with van der Waals surface area (Å²) in [7, 11) is 0. The second kappa shape index (κ2) is 9.53. The highest BCUT2D eigenvalue weighted by Gasteiger charge is 2.06. The van der Waals surface area contributed by atoms with Crippen LogP contribution in [0.2, 0.25) is 0 Å². The van der Waals surface area contributed by atoms with Crippen molar-refractivity contribution < 1.29 is 14.3 Å². The zero-order valence-corrected chi connectivity index (χ0v) is 12.5. The van der Waals surface area contributed by atoms with Crippen molar-refractivity contribution in [2.24, 2.45) is 0 Å². The minimum absolute atomic E-state index is 0.216. The van der Waals surface area contributed by atoms with Gasteiger partial charge in [-0.1, -0.05) is 31.6 Å². The van der Waals surface area contributed by atoms with Crippen molar-refractivity contribution in [1.82, 2.24) is 0 Å². The van der Waals surface area contributed by atoms with E-state index in [0.717, 1.165) is 12.8 Å². The maximum atomic E-state index is 11.7. The number of carbonyl (C=O) groups excluding carboxylic acids is 2. The molecule has 112 valence electrons. The van der Waals surface area contributed by atoms with Crippen molar-refractivity contribution >= 4 is 17.6 Å². The molecule has 1 aromatic rings. The first-order chi connectivity index (χ1) is 10.2. The summed E-state index contributed by atoms with van der Waals surface area (Å²) in [5, 5.41) is 2.71. The van der Waals surface area contributed by atoms with E-state index in [1.807, 2.05) is 19.9 Å². The number of allylic oxidation sites excluding steroid dienone is 3. The van der Waals surface area contributed by atoms with E-state index in [-0.39, 0.29) is 11.9 Å². The topological polar surface area (TPSA) is 55.4 Å². The van der Waals surface area contributed by atoms with Gasteiger partial charge in [0.25, 0.3) is 0 Å². The Morgan fingerprint density at radius 1 is 1.19 bits per heavy atom. The third-order valence-electron chi connectivity index (χ3n) is 2.67. The number of rotatable bonds is 7. The summed E-state index contributed by atoms with van der Waals surface area (Å²) in [6.07, 6.45) is 8.55. The molecular formula is C17H21NO3. The number of esters is 1. The summed E-state index contributed by atoms with van der Waals surface area (Å²) in [6, 6.07) is 6.63. The van der Waals surface area contributed by atoms with Crippen LogP contribution in [-0.4, -0.2) is 18.5 Å². The van der Waals surface area contributed by atoms with Gasteiger partial charge in [-0.3, -0.25) is 4.79 Å². The fourth-order valence-corrected chi connectivity index (χ4v) is 1.52. The van der Waals surface area contributed by atoms with Crippen molar-refractivity contribution in [2.75, 3.05) is 11.9 Å². The average molecular weight is 287 g/mol. The van der Waals surface area contributed by atoms with Gasteiger partial charge < -0.3 is 10.1 Å². The standard InChI is InChI=1S/C17H21NO3/c1-3-5-7-8-16(19)18-15-11-9-14(10-12-15)17(20)21-13-6-4-2/h3,5,7-12H,4,6,13H2,1-2H3,(H,18,19)/b5-3+,8-7+. The largest absolute Gasteiger partial charge is 0.462 e. The lowest BCUT2D eigenvalue weighted by Crippen LogP contribution is -2.09. The van der Waals surface area contributed by atoms with Gasteiger partial charge in [0.05, 0.1) is 12.2 Å². The lowest BCUT2D eigenvalue weighted by atomic mass is 10.2. The zero-order valence-electron chi connectivity index (χ0n) is 12.5. The van der Waals surface area contributed by atoms with Crippen LogP contribution in [0.5, 0.6) is 0 Å². The monoisotopic (exact) mass is 287 g/mol. The zero-order chi connectivity index (χ0) is 15.5. The molecule has 0 radical (unpaired) electrons. The van der Waals surface area contributed by atoms with Crippen LogP contribution in [0.3, 0.4) is 0 Å². The number of anilines is 1. The Balaban J connectivity index is 2.53. The molecule has 1 N–H and O–H groups in total. The predicted octanol–water partition coefficient (Wildman–Crippen LogP) is 3.71. The van der Waals surface area contributed by atoms with Crippen LogP contribution < -0.4 is 5.32 Å². The second-order valence-corrected chi connectivity index (χ2v) is 4.44. The van der Waals surface area contributed by atoms with E-state index in [1.54, 1.807) is 36.4 Å². The van der Waals surface area contributed by atoms with E-state index in [1.165, 1.54) is 6.08 Å². The third kappa shape index (κ3) is 6.56. The Kier molecular flexibility index (Phi) is 7.58. The minimum atomic E-state index is -0.339. The van der Waals surface area contributed by atoms with Gasteiger partial charge in [-0.05, 0) is 37.6 Å². The lowest BCUT2D eigenvalue weighted by Gasteiger charge is -2.05. The number of carbonyl (C=O) groups is 2. The highest BCUT2D eigenvalue weighted by atomic mass is 16.5. The minimum Gasteiger partial charge on any atom is -0.462 e. The Morgan fingerprint density at radius 3 is 2.52 bits per heavy atom. The molecule has 0 atom stereocenters. The van der Waals surface area contributed by atoms with E-state index < -0.39 is 0 Å². The molecule has 1 aromatic carbocycles. The number of nitrogens with one attached hydrogen (secondary N) is 1. The quantitative estimate of drug-likeness (QED) is 0.360. The highest BCUT2D eigenvalue weighted by Crippen LogP contribution is 2.11. The van der Waals surface area contributed by atoms with Gasteiger partial charge in [0, 0.05) is 11.8 Å². The fraction of sp³-hybridized carbons (Fsp3) is 0.294. The molecule has 0 spiro atoms. The number of hydrogen-bond acceptors (Lipinski definition) is 3. The number of benzene rings is 1. The first-order valence-electron chi connectivity index (χ1n) is 7.05. The molecule has 0 saturated heterocycles. The molecule has 0 aliphatic carbocycles. The predicted molar refractivity (Wildman–Crippen MR) is 84.2 cm³/mol. The average Bonchev–Trinajstić information content (AvgIpc) is 2.48. The summed E-state index contributed by atoms with van der Waals surface area (Å²) in [5.41, 5.74) is 1.11. The normalized spacial score (nSPS) is 11.0. The summed E-state index contributed by atoms with van der Waals surface area (Å²) < 4.78 is 5.11. The first kappa shape index (κ1) is 16.7. The maximum Gasteiger partial charge on any atom is 0.338 e. The Bertz CT molecular complexity index is 515. The van der Waals surface area contributed by atoms with Gasteiger partial charge in [0.2, 0.25) is 5.91 Å². The van der Waals surface area contributed by atoms with Crippen molar-refractivity contribution in [3.63, 3.8) is 0 Å². The van der Waals surface area contributed by atoms with Crippen LogP contribution in [-0.2, 0) is 9.53 Å². The molecule has 0 aliphatic heterocycles. The molecular weight excluding hydrogens is 266 g/mol. The van der Waals surface area contributed by atoms with Crippen molar-refractivity contribution in [2.45, 2.75) is 26.7 Å². The fourth-order valence-electron chi connectivity index (χ4n) is 1.52. The van der Waals surface area contributed by atoms with Gasteiger partial charge in [0.1, 0.15) is 0 Å². The van der Waals surface area contributed by atoms with Crippen LogP contribution >= 0.6 is 0 Å². The number of hydrogen-bond donors (Lipinski definition) is 1. The van der Waals surface area contributed by atoms with Crippen molar-refractivity contribution in [3.05, 3.63) is 54.1 Å². The van der Waals surface area contributed by atoms with E-state index in [9.17, 15) is 9.59 Å². The summed E-state index contributed by atoms with van der Waals surface area (Å²) in [5.74, 6) is -0.555. The summed E-state index contributed by atoms with van der Waals surface area (Å²) in [4.78, 5) is 23.3. The molecule has 0 aliphatic rings. The van der Waals surface area contributed by atoms with Crippen LogP contribution in [0, 0.1) is 0 Å². The first-order valence-corrected chi connectivity index (χ1v) is 7.05. The number of ether oxygens (including phenoxy) is 1. The van der Waals surface area contributed by atoms with E-state index >= 15 is 0 Å². The van der Waals surface area contributed by atoms with Crippen LogP contribution in [0.4, 0.5) is 5.69 Å². The molecule has 0 fully saturated rings. The van der Waals surface area contributed by atoms with Crippen molar-refractivity contribution in [1.29, 1.82) is 0 Å². The molecule has 0 unspecified atom stereocenters. The SMILES string of the molecule is C/C=C/C=C/C(=O)Nc1ccc(C(=O)OCCCC)cc1. The maximum absolute atomic E-state index is 11.7. The van der Waals surface area contributed by atoms with E-state index in [4.69, 9.17) is 4.74 Å². The van der Waals surface area contributed by atoms with Gasteiger partial charge in [0.15, 0.2) is 0 Å². The molecule has 0 bridgehead atoms. The lowest BCUT2D eigenvalue weighted by molar-refractivity contribution is -0.111. The third-order valence-corrected chi connectivity index (χ3v) is 2.67. The van der Waals surface area contributed by atoms with Gasteiger partial charge in [-0.15, -0.1) is 0 Å². The molecule has 1 rings (SSSR count). The molecule has 4 nitrogen and oxygen atoms in total. The second-order valence-electron chi connectivity index (χ2n) is 4.44. The van der Waals surface area contributed by atoms with E-state index in [2.05, 4.69) is 5.32 Å². The van der Waals surface area contributed by atoms with Gasteiger partial charge in [-0.2, -0.15) is 0 Å². The molecule has 4 heteroatoms. The molecule has 0 saturated carbocycles. The summed E-state index contributed by atoms with van der Waals surface area (Å²) in [6.45, 7) is 4.35. The van der Waals surface area contributed by atoms with Crippen LogP contribution in [0.25, 0.3) is 0 Å². The molecule has 1 amide bonds.